The van der Waals surface area contributed by atoms with Gasteiger partial charge in [0.05, 0.1) is 12.3 Å². The molecule has 2 aromatic rings. The van der Waals surface area contributed by atoms with Gasteiger partial charge >= 0.3 is 5.97 Å². The maximum Gasteiger partial charge on any atom is 0.331 e. The highest BCUT2D eigenvalue weighted by Gasteiger charge is 2.44. The number of carbonyl (C=O) groups excluding carboxylic acids is 1. The molecule has 1 fully saturated rings. The second kappa shape index (κ2) is 8.51. The van der Waals surface area contributed by atoms with Crippen molar-refractivity contribution in [3.63, 3.8) is 0 Å². The summed E-state index contributed by atoms with van der Waals surface area (Å²) in [6.07, 6.45) is 3.55. The van der Waals surface area contributed by atoms with E-state index in [1.165, 1.54) is 6.42 Å². The van der Waals surface area contributed by atoms with Crippen molar-refractivity contribution in [1.29, 1.82) is 0 Å². The summed E-state index contributed by atoms with van der Waals surface area (Å²) in [7, 11) is 0. The van der Waals surface area contributed by atoms with E-state index in [4.69, 9.17) is 9.73 Å². The number of rotatable bonds is 7. The Morgan fingerprint density at radius 1 is 1.04 bits per heavy atom. The molecule has 1 saturated carbocycles. The van der Waals surface area contributed by atoms with Gasteiger partial charge in [-0.3, -0.25) is 4.99 Å². The molecule has 0 bridgehead atoms. The molecule has 0 radical (unpaired) electrons. The van der Waals surface area contributed by atoms with Crippen molar-refractivity contribution in [2.75, 3.05) is 6.61 Å². The lowest BCUT2D eigenvalue weighted by atomic mass is 9.64. The van der Waals surface area contributed by atoms with Crippen LogP contribution in [0.1, 0.15) is 51.2 Å². The minimum atomic E-state index is -0.516. The van der Waals surface area contributed by atoms with Crippen molar-refractivity contribution in [3.8, 4) is 0 Å². The third-order valence-electron chi connectivity index (χ3n) is 5.72. The summed E-state index contributed by atoms with van der Waals surface area (Å²) in [6.45, 7) is 6.55. The summed E-state index contributed by atoms with van der Waals surface area (Å²) in [5.74, 6) is 0.280. The van der Waals surface area contributed by atoms with Gasteiger partial charge in [-0.15, -0.1) is 0 Å². The molecule has 0 saturated heterocycles. The monoisotopic (exact) mass is 363 g/mol. The maximum absolute atomic E-state index is 12.9. The van der Waals surface area contributed by atoms with Crippen LogP contribution in [0, 0.1) is 11.3 Å². The highest BCUT2D eigenvalue weighted by atomic mass is 16.5. The van der Waals surface area contributed by atoms with Gasteiger partial charge in [0.25, 0.3) is 0 Å². The first-order valence-corrected chi connectivity index (χ1v) is 9.89. The molecule has 0 spiro atoms. The fraction of sp³-hybridized carbons (Fsp3) is 0.417. The van der Waals surface area contributed by atoms with E-state index in [0.717, 1.165) is 29.7 Å². The average Bonchev–Trinajstić information content (AvgIpc) is 2.62. The van der Waals surface area contributed by atoms with Crippen LogP contribution >= 0.6 is 0 Å². The quantitative estimate of drug-likeness (QED) is 0.496. The number of esters is 1. The lowest BCUT2D eigenvalue weighted by molar-refractivity contribution is -0.149. The molecule has 1 aliphatic rings. The van der Waals surface area contributed by atoms with Gasteiger partial charge in [0, 0.05) is 16.5 Å². The van der Waals surface area contributed by atoms with Crippen LogP contribution in [0.3, 0.4) is 0 Å². The Kier molecular flexibility index (Phi) is 6.10. The van der Waals surface area contributed by atoms with Gasteiger partial charge in [-0.25, -0.2) is 4.79 Å². The SMILES string of the molecule is CCOC(=O)C(N=C(c1ccccc1)c1ccccc1)C(C)(C)C1CCC1. The number of hydrogen-bond acceptors (Lipinski definition) is 3. The van der Waals surface area contributed by atoms with Crippen molar-refractivity contribution in [2.24, 2.45) is 16.3 Å². The van der Waals surface area contributed by atoms with Crippen molar-refractivity contribution >= 4 is 11.7 Å². The number of aliphatic imine (C=N–C) groups is 1. The minimum absolute atomic E-state index is 0.223. The summed E-state index contributed by atoms with van der Waals surface area (Å²) in [5, 5.41) is 0. The summed E-state index contributed by atoms with van der Waals surface area (Å²) >= 11 is 0. The van der Waals surface area contributed by atoms with Crippen LogP contribution in [0.5, 0.6) is 0 Å². The molecule has 2 aromatic carbocycles. The summed E-state index contributed by atoms with van der Waals surface area (Å²) in [4.78, 5) is 18.0. The van der Waals surface area contributed by atoms with Crippen LogP contribution in [0.15, 0.2) is 65.7 Å². The molecule has 0 aliphatic heterocycles. The van der Waals surface area contributed by atoms with Crippen molar-refractivity contribution in [2.45, 2.75) is 46.1 Å². The Labute approximate surface area is 162 Å². The van der Waals surface area contributed by atoms with E-state index in [1.807, 2.05) is 67.6 Å². The smallest absolute Gasteiger partial charge is 0.331 e. The van der Waals surface area contributed by atoms with Crippen LogP contribution < -0.4 is 0 Å². The first kappa shape index (κ1) is 19.3. The summed E-state index contributed by atoms with van der Waals surface area (Å²) in [6, 6.07) is 19.7. The highest BCUT2D eigenvalue weighted by molar-refractivity contribution is 6.13. The van der Waals surface area contributed by atoms with E-state index in [1.54, 1.807) is 0 Å². The molecule has 142 valence electrons. The zero-order chi connectivity index (χ0) is 19.3. The van der Waals surface area contributed by atoms with Crippen LogP contribution in [-0.2, 0) is 9.53 Å². The third kappa shape index (κ3) is 4.29. The van der Waals surface area contributed by atoms with E-state index in [2.05, 4.69) is 13.8 Å². The van der Waals surface area contributed by atoms with Crippen molar-refractivity contribution in [3.05, 3.63) is 71.8 Å². The molecule has 0 amide bonds. The van der Waals surface area contributed by atoms with Crippen LogP contribution in [-0.4, -0.2) is 24.3 Å². The zero-order valence-corrected chi connectivity index (χ0v) is 16.5. The second-order valence-corrected chi connectivity index (χ2v) is 7.81. The molecule has 3 heteroatoms. The molecule has 1 aliphatic carbocycles. The van der Waals surface area contributed by atoms with Gasteiger partial charge in [-0.05, 0) is 25.7 Å². The predicted molar refractivity (Wildman–Crippen MR) is 110 cm³/mol. The van der Waals surface area contributed by atoms with E-state index < -0.39 is 6.04 Å². The van der Waals surface area contributed by atoms with E-state index in [9.17, 15) is 4.79 Å². The number of hydrogen-bond donors (Lipinski definition) is 0. The van der Waals surface area contributed by atoms with Gasteiger partial charge in [-0.2, -0.15) is 0 Å². The highest BCUT2D eigenvalue weighted by Crippen LogP contribution is 2.45. The molecular formula is C24H29NO2. The number of benzene rings is 2. The van der Waals surface area contributed by atoms with Crippen molar-refractivity contribution < 1.29 is 9.53 Å². The Morgan fingerprint density at radius 2 is 1.56 bits per heavy atom. The third-order valence-corrected chi connectivity index (χ3v) is 5.72. The Bertz CT molecular complexity index is 735. The van der Waals surface area contributed by atoms with Gasteiger partial charge in [0.15, 0.2) is 6.04 Å². The average molecular weight is 364 g/mol. The standard InChI is InChI=1S/C24H29NO2/c1-4-27-23(26)22(24(2,3)20-16-11-17-20)25-21(18-12-7-5-8-13-18)19-14-9-6-10-15-19/h5-10,12-15,20,22H,4,11,16-17H2,1-3H3. The molecule has 27 heavy (non-hydrogen) atoms. The number of ether oxygens (including phenoxy) is 1. The largest absolute Gasteiger partial charge is 0.464 e. The fourth-order valence-corrected chi connectivity index (χ4v) is 3.76. The summed E-state index contributed by atoms with van der Waals surface area (Å²) < 4.78 is 5.44. The molecule has 0 aromatic heterocycles. The predicted octanol–water partition coefficient (Wildman–Crippen LogP) is 5.28. The first-order valence-electron chi connectivity index (χ1n) is 9.89. The molecule has 1 atom stereocenters. The van der Waals surface area contributed by atoms with E-state index in [-0.39, 0.29) is 11.4 Å². The zero-order valence-electron chi connectivity index (χ0n) is 16.5. The van der Waals surface area contributed by atoms with Crippen molar-refractivity contribution in [1.82, 2.24) is 0 Å². The summed E-state index contributed by atoms with van der Waals surface area (Å²) in [5.41, 5.74) is 2.64. The molecule has 1 unspecified atom stereocenters. The van der Waals surface area contributed by atoms with Crippen LogP contribution in [0.4, 0.5) is 0 Å². The van der Waals surface area contributed by atoms with Crippen LogP contribution in [0.25, 0.3) is 0 Å². The first-order chi connectivity index (χ1) is 13.0. The molecule has 0 N–H and O–H groups in total. The minimum Gasteiger partial charge on any atom is -0.464 e. The maximum atomic E-state index is 12.9. The number of nitrogens with zero attached hydrogens (tertiary/aromatic N) is 1. The lowest BCUT2D eigenvalue weighted by Crippen LogP contribution is -2.44. The van der Waals surface area contributed by atoms with E-state index in [0.29, 0.717) is 12.5 Å². The van der Waals surface area contributed by atoms with Gasteiger partial charge in [0.2, 0.25) is 0 Å². The topological polar surface area (TPSA) is 38.7 Å². The Hall–Kier alpha value is -2.42. The Morgan fingerprint density at radius 3 is 1.96 bits per heavy atom. The van der Waals surface area contributed by atoms with Crippen LogP contribution in [0.2, 0.25) is 0 Å². The lowest BCUT2D eigenvalue weighted by Gasteiger charge is -2.43. The van der Waals surface area contributed by atoms with E-state index >= 15 is 0 Å². The van der Waals surface area contributed by atoms with Gasteiger partial charge in [0.1, 0.15) is 0 Å². The molecule has 0 heterocycles. The van der Waals surface area contributed by atoms with Gasteiger partial charge < -0.3 is 4.74 Å². The fourth-order valence-electron chi connectivity index (χ4n) is 3.76. The normalized spacial score (nSPS) is 15.5. The molecular weight excluding hydrogens is 334 g/mol. The second-order valence-electron chi connectivity index (χ2n) is 7.81. The molecule has 3 nitrogen and oxygen atoms in total. The number of carbonyl (C=O) groups is 1. The van der Waals surface area contributed by atoms with Gasteiger partial charge in [-0.1, -0.05) is 80.9 Å². The Balaban J connectivity index is 2.09. The molecule has 3 rings (SSSR count).